The fraction of sp³-hybridized carbons (Fsp3) is 0.357. The highest BCUT2D eigenvalue weighted by Gasteiger charge is 2.22. The number of hydrogen-bond donors (Lipinski definition) is 1. The number of carbonyl (C=O) groups excluding carboxylic acids is 1. The summed E-state index contributed by atoms with van der Waals surface area (Å²) in [5, 5.41) is 9.38. The molecule has 1 aromatic carbocycles. The highest BCUT2D eigenvalue weighted by atomic mass is 79.9. The van der Waals surface area contributed by atoms with Crippen LogP contribution in [0.4, 0.5) is 0 Å². The molecule has 0 bridgehead atoms. The van der Waals surface area contributed by atoms with Crippen LogP contribution in [0.3, 0.4) is 0 Å². The highest BCUT2D eigenvalue weighted by molar-refractivity contribution is 9.10. The van der Waals surface area contributed by atoms with Gasteiger partial charge in [-0.05, 0) is 36.6 Å². The summed E-state index contributed by atoms with van der Waals surface area (Å²) in [6.45, 7) is 3.10. The molecule has 1 N–H and O–H groups in total. The first-order valence-corrected chi connectivity index (χ1v) is 6.77. The Morgan fingerprint density at radius 2 is 2.33 bits per heavy atom. The molecular formula is C14H16BrNO2. The Labute approximate surface area is 115 Å². The predicted molar refractivity (Wildman–Crippen MR) is 75.1 cm³/mol. The molecule has 0 saturated carbocycles. The molecule has 1 aliphatic heterocycles. The first-order valence-electron chi connectivity index (χ1n) is 5.97. The largest absolute Gasteiger partial charge is 0.391 e. The summed E-state index contributed by atoms with van der Waals surface area (Å²) in [5.41, 5.74) is 2.15. The molecule has 1 heterocycles. The van der Waals surface area contributed by atoms with Crippen LogP contribution in [-0.4, -0.2) is 35.1 Å². The molecule has 1 saturated heterocycles. The molecule has 1 fully saturated rings. The smallest absolute Gasteiger partial charge is 0.246 e. The van der Waals surface area contributed by atoms with E-state index in [1.165, 1.54) is 5.56 Å². The molecule has 1 amide bonds. The molecule has 1 aliphatic rings. The van der Waals surface area contributed by atoms with E-state index in [2.05, 4.69) is 15.9 Å². The molecule has 0 spiro atoms. The third-order valence-corrected chi connectivity index (χ3v) is 3.72. The van der Waals surface area contributed by atoms with Crippen molar-refractivity contribution in [1.29, 1.82) is 0 Å². The van der Waals surface area contributed by atoms with E-state index in [0.717, 1.165) is 10.0 Å². The lowest BCUT2D eigenvalue weighted by Crippen LogP contribution is -2.27. The van der Waals surface area contributed by atoms with Crippen LogP contribution >= 0.6 is 15.9 Å². The van der Waals surface area contributed by atoms with Gasteiger partial charge in [0, 0.05) is 23.6 Å². The van der Waals surface area contributed by atoms with E-state index in [9.17, 15) is 9.90 Å². The van der Waals surface area contributed by atoms with Gasteiger partial charge in [0.05, 0.1) is 6.10 Å². The van der Waals surface area contributed by atoms with Gasteiger partial charge in [-0.1, -0.05) is 28.1 Å². The molecule has 1 aromatic rings. The summed E-state index contributed by atoms with van der Waals surface area (Å²) in [4.78, 5) is 13.5. The summed E-state index contributed by atoms with van der Waals surface area (Å²) in [6, 6.07) is 6.00. The second kappa shape index (κ2) is 5.67. The van der Waals surface area contributed by atoms with E-state index in [-0.39, 0.29) is 12.0 Å². The minimum atomic E-state index is -0.367. The second-order valence-corrected chi connectivity index (χ2v) is 5.44. The Morgan fingerprint density at radius 3 is 2.94 bits per heavy atom. The monoisotopic (exact) mass is 309 g/mol. The van der Waals surface area contributed by atoms with E-state index in [1.807, 2.05) is 25.1 Å². The standard InChI is InChI=1S/C14H16BrNO2/c1-10-2-3-11(13(15)8-10)4-5-14(18)16-7-6-12(17)9-16/h2-5,8,12,17H,6-7,9H2,1H3. The Hall–Kier alpha value is -1.13. The number of aliphatic hydroxyl groups excluding tert-OH is 1. The van der Waals surface area contributed by atoms with Gasteiger partial charge in [-0.25, -0.2) is 0 Å². The van der Waals surface area contributed by atoms with Gasteiger partial charge in [-0.2, -0.15) is 0 Å². The van der Waals surface area contributed by atoms with Crippen LogP contribution in [0.25, 0.3) is 6.08 Å². The number of aliphatic hydroxyl groups is 1. The van der Waals surface area contributed by atoms with Crippen LogP contribution in [0, 0.1) is 6.92 Å². The van der Waals surface area contributed by atoms with Gasteiger partial charge in [0.25, 0.3) is 0 Å². The molecule has 18 heavy (non-hydrogen) atoms. The highest BCUT2D eigenvalue weighted by Crippen LogP contribution is 2.20. The molecule has 0 radical (unpaired) electrons. The van der Waals surface area contributed by atoms with Gasteiger partial charge in [-0.3, -0.25) is 4.79 Å². The lowest BCUT2D eigenvalue weighted by Gasteiger charge is -2.12. The van der Waals surface area contributed by atoms with Crippen LogP contribution in [0.15, 0.2) is 28.7 Å². The number of halogens is 1. The van der Waals surface area contributed by atoms with Crippen LogP contribution in [0.2, 0.25) is 0 Å². The fourth-order valence-electron chi connectivity index (χ4n) is 1.98. The number of benzene rings is 1. The molecule has 96 valence electrons. The Balaban J connectivity index is 2.04. The average molecular weight is 310 g/mol. The maximum atomic E-state index is 11.9. The number of aryl methyl sites for hydroxylation is 1. The van der Waals surface area contributed by atoms with Crippen molar-refractivity contribution in [2.75, 3.05) is 13.1 Å². The minimum Gasteiger partial charge on any atom is -0.391 e. The quantitative estimate of drug-likeness (QED) is 0.852. The maximum Gasteiger partial charge on any atom is 0.246 e. The van der Waals surface area contributed by atoms with Crippen molar-refractivity contribution >= 4 is 27.9 Å². The zero-order valence-corrected chi connectivity index (χ0v) is 11.9. The number of β-amino-alcohol motifs (C(OH)–C–C–N with tert-alkyl or cyclic N) is 1. The Bertz CT molecular complexity index is 485. The predicted octanol–water partition coefficient (Wildman–Crippen LogP) is 2.36. The molecule has 1 unspecified atom stereocenters. The van der Waals surface area contributed by atoms with E-state index in [4.69, 9.17) is 0 Å². The SMILES string of the molecule is Cc1ccc(C=CC(=O)N2CCC(O)C2)c(Br)c1. The normalized spacial score (nSPS) is 19.7. The van der Waals surface area contributed by atoms with Crippen molar-refractivity contribution in [3.8, 4) is 0 Å². The number of hydrogen-bond acceptors (Lipinski definition) is 2. The minimum absolute atomic E-state index is 0.0426. The summed E-state index contributed by atoms with van der Waals surface area (Å²) < 4.78 is 0.980. The van der Waals surface area contributed by atoms with Crippen molar-refractivity contribution in [2.45, 2.75) is 19.4 Å². The third kappa shape index (κ3) is 3.21. The number of amides is 1. The van der Waals surface area contributed by atoms with Gasteiger partial charge < -0.3 is 10.0 Å². The molecule has 0 aromatic heterocycles. The number of nitrogens with zero attached hydrogens (tertiary/aromatic N) is 1. The summed E-state index contributed by atoms with van der Waals surface area (Å²) >= 11 is 3.47. The number of likely N-dealkylation sites (tertiary alicyclic amines) is 1. The number of rotatable bonds is 2. The van der Waals surface area contributed by atoms with Crippen molar-refractivity contribution in [3.05, 3.63) is 39.9 Å². The zero-order chi connectivity index (χ0) is 13.1. The Kier molecular flexibility index (Phi) is 4.19. The summed E-state index contributed by atoms with van der Waals surface area (Å²) in [7, 11) is 0. The average Bonchev–Trinajstić information content (AvgIpc) is 2.74. The third-order valence-electron chi connectivity index (χ3n) is 3.04. The van der Waals surface area contributed by atoms with Crippen molar-refractivity contribution < 1.29 is 9.90 Å². The van der Waals surface area contributed by atoms with Gasteiger partial charge >= 0.3 is 0 Å². The summed E-state index contributed by atoms with van der Waals surface area (Å²) in [5.74, 6) is -0.0426. The van der Waals surface area contributed by atoms with Gasteiger partial charge in [0.1, 0.15) is 0 Å². The molecule has 2 rings (SSSR count). The van der Waals surface area contributed by atoms with E-state index in [0.29, 0.717) is 19.5 Å². The molecule has 1 atom stereocenters. The van der Waals surface area contributed by atoms with E-state index in [1.54, 1.807) is 17.1 Å². The van der Waals surface area contributed by atoms with Crippen LogP contribution in [-0.2, 0) is 4.79 Å². The number of carbonyl (C=O) groups is 1. The van der Waals surface area contributed by atoms with Crippen LogP contribution < -0.4 is 0 Å². The molecule has 0 aliphatic carbocycles. The van der Waals surface area contributed by atoms with E-state index < -0.39 is 0 Å². The van der Waals surface area contributed by atoms with Gasteiger partial charge in [-0.15, -0.1) is 0 Å². The molecule has 4 heteroatoms. The van der Waals surface area contributed by atoms with Gasteiger partial charge in [0.15, 0.2) is 0 Å². The van der Waals surface area contributed by atoms with Crippen LogP contribution in [0.5, 0.6) is 0 Å². The zero-order valence-electron chi connectivity index (χ0n) is 10.3. The van der Waals surface area contributed by atoms with E-state index >= 15 is 0 Å². The lowest BCUT2D eigenvalue weighted by molar-refractivity contribution is -0.125. The van der Waals surface area contributed by atoms with Gasteiger partial charge in [0.2, 0.25) is 5.91 Å². The van der Waals surface area contributed by atoms with Crippen molar-refractivity contribution in [3.63, 3.8) is 0 Å². The van der Waals surface area contributed by atoms with Crippen molar-refractivity contribution in [1.82, 2.24) is 4.90 Å². The fourth-order valence-corrected chi connectivity index (χ4v) is 2.60. The maximum absolute atomic E-state index is 11.9. The summed E-state index contributed by atoms with van der Waals surface area (Å²) in [6.07, 6.45) is 3.67. The van der Waals surface area contributed by atoms with Crippen LogP contribution in [0.1, 0.15) is 17.5 Å². The van der Waals surface area contributed by atoms with Crippen molar-refractivity contribution in [2.24, 2.45) is 0 Å². The molecule has 3 nitrogen and oxygen atoms in total. The first kappa shape index (κ1) is 13.3. The first-order chi connectivity index (χ1) is 8.56. The lowest BCUT2D eigenvalue weighted by atomic mass is 10.1. The second-order valence-electron chi connectivity index (χ2n) is 4.59. The Morgan fingerprint density at radius 1 is 1.56 bits per heavy atom. The topological polar surface area (TPSA) is 40.5 Å². The molecular weight excluding hydrogens is 294 g/mol.